The van der Waals surface area contributed by atoms with E-state index in [0.717, 1.165) is 36.2 Å². The molecule has 8 nitrogen and oxygen atoms in total. The number of imidazole rings is 1. The number of piperidine rings is 1. The van der Waals surface area contributed by atoms with Crippen LogP contribution in [0, 0.1) is 6.92 Å². The molecule has 0 atom stereocenters. The van der Waals surface area contributed by atoms with E-state index >= 15 is 0 Å². The first-order chi connectivity index (χ1) is 13.1. The molecule has 1 aliphatic rings. The Bertz CT molecular complexity index is 814. The van der Waals surface area contributed by atoms with Gasteiger partial charge in [-0.3, -0.25) is 4.99 Å². The third-order valence-corrected chi connectivity index (χ3v) is 4.82. The maximum Gasteiger partial charge on any atom is 0.409 e. The molecule has 9 heteroatoms. The number of likely N-dealkylation sites (tertiary alicyclic amines) is 1. The van der Waals surface area contributed by atoms with Crippen molar-refractivity contribution in [2.75, 3.05) is 26.2 Å². The molecule has 2 aromatic rings. The van der Waals surface area contributed by atoms with Gasteiger partial charge in [-0.2, -0.15) is 0 Å². The first-order valence-electron chi connectivity index (χ1n) is 9.48. The Morgan fingerprint density at radius 1 is 1.36 bits per heavy atom. The molecule has 0 aliphatic carbocycles. The molecule has 0 saturated carbocycles. The van der Waals surface area contributed by atoms with Crippen LogP contribution in [-0.2, 0) is 11.3 Å². The normalized spacial score (nSPS) is 15.4. The number of carbonyl (C=O) groups excluding carboxylic acids is 1. The second kappa shape index (κ2) is 10.5. The van der Waals surface area contributed by atoms with Gasteiger partial charge < -0.3 is 25.3 Å². The molecule has 154 valence electrons. The Labute approximate surface area is 182 Å². The van der Waals surface area contributed by atoms with Crippen molar-refractivity contribution in [2.24, 2.45) is 10.7 Å². The minimum Gasteiger partial charge on any atom is -0.450 e. The topological polar surface area (TPSA) is 97.8 Å². The summed E-state index contributed by atoms with van der Waals surface area (Å²) in [6.45, 7) is 6.88. The number of nitrogens with one attached hydrogen (secondary N) is 1. The summed E-state index contributed by atoms with van der Waals surface area (Å²) in [7, 11) is 0. The van der Waals surface area contributed by atoms with Crippen molar-refractivity contribution in [3.8, 4) is 0 Å². The van der Waals surface area contributed by atoms with Crippen LogP contribution >= 0.6 is 24.0 Å². The number of fused-ring (bicyclic) bond motifs is 1. The van der Waals surface area contributed by atoms with Crippen molar-refractivity contribution in [3.05, 3.63) is 30.1 Å². The first-order valence-corrected chi connectivity index (χ1v) is 9.48. The standard InChI is InChI=1S/C19H28N6O2.HI/c1-3-27-19(26)24-11-8-15(9-12-24)23-18(20)21-10-13-25-14(2)22-16-6-4-5-7-17(16)25;/h4-7,15H,3,8-13H2,1-2H3,(H3,20,21,23);1H. The van der Waals surface area contributed by atoms with Gasteiger partial charge in [-0.1, -0.05) is 12.1 Å². The fraction of sp³-hybridized carbons (Fsp3) is 0.526. The number of carbonyl (C=O) groups is 1. The molecular formula is C19H29IN6O2. The van der Waals surface area contributed by atoms with Gasteiger partial charge in [0.2, 0.25) is 0 Å². The lowest BCUT2D eigenvalue weighted by atomic mass is 10.1. The Morgan fingerprint density at radius 2 is 2.07 bits per heavy atom. The molecule has 1 aromatic carbocycles. The van der Waals surface area contributed by atoms with Crippen LogP contribution in [0.3, 0.4) is 0 Å². The van der Waals surface area contributed by atoms with E-state index < -0.39 is 0 Å². The Morgan fingerprint density at radius 3 is 2.79 bits per heavy atom. The Hall–Kier alpha value is -2.04. The van der Waals surface area contributed by atoms with Crippen LogP contribution in [0.5, 0.6) is 0 Å². The van der Waals surface area contributed by atoms with Crippen LogP contribution in [-0.4, -0.2) is 58.8 Å². The molecule has 1 aromatic heterocycles. The summed E-state index contributed by atoms with van der Waals surface area (Å²) in [5.41, 5.74) is 8.16. The third-order valence-electron chi connectivity index (χ3n) is 4.82. The van der Waals surface area contributed by atoms with Crippen molar-refractivity contribution >= 4 is 47.1 Å². The molecule has 0 radical (unpaired) electrons. The van der Waals surface area contributed by atoms with Crippen molar-refractivity contribution in [2.45, 2.75) is 39.3 Å². The lowest BCUT2D eigenvalue weighted by molar-refractivity contribution is 0.0963. The number of nitrogens with zero attached hydrogens (tertiary/aromatic N) is 4. The number of aromatic nitrogens is 2. The van der Waals surface area contributed by atoms with Gasteiger partial charge in [-0.15, -0.1) is 24.0 Å². The van der Waals surface area contributed by atoms with Gasteiger partial charge in [-0.05, 0) is 38.8 Å². The molecule has 1 amide bonds. The average Bonchev–Trinajstić information content (AvgIpc) is 2.98. The molecular weight excluding hydrogens is 471 g/mol. The van der Waals surface area contributed by atoms with Crippen LogP contribution in [0.1, 0.15) is 25.6 Å². The Kier molecular flexibility index (Phi) is 8.34. The number of hydrogen-bond donors (Lipinski definition) is 2. The molecule has 1 saturated heterocycles. The number of guanidine groups is 1. The number of halogens is 1. The highest BCUT2D eigenvalue weighted by Gasteiger charge is 2.23. The number of aryl methyl sites for hydroxylation is 1. The second-order valence-corrected chi connectivity index (χ2v) is 6.67. The van der Waals surface area contributed by atoms with Gasteiger partial charge in [0.25, 0.3) is 0 Å². The lowest BCUT2D eigenvalue weighted by Gasteiger charge is -2.31. The van der Waals surface area contributed by atoms with E-state index in [1.165, 1.54) is 0 Å². The number of nitrogens with two attached hydrogens (primary N) is 1. The average molecular weight is 500 g/mol. The predicted octanol–water partition coefficient (Wildman–Crippen LogP) is 2.49. The minimum atomic E-state index is -0.236. The van der Waals surface area contributed by atoms with E-state index in [4.69, 9.17) is 10.5 Å². The molecule has 3 rings (SSSR count). The third kappa shape index (κ3) is 5.49. The number of aliphatic imine (C=N–C) groups is 1. The van der Waals surface area contributed by atoms with Crippen LogP contribution < -0.4 is 11.1 Å². The quantitative estimate of drug-likeness (QED) is 0.374. The van der Waals surface area contributed by atoms with E-state index in [1.807, 2.05) is 32.0 Å². The SMILES string of the molecule is CCOC(=O)N1CCC(NC(N)=NCCn2c(C)nc3ccccc32)CC1.I. The van der Waals surface area contributed by atoms with E-state index in [2.05, 4.69) is 25.9 Å². The zero-order valence-corrected chi connectivity index (χ0v) is 18.8. The second-order valence-electron chi connectivity index (χ2n) is 6.67. The van der Waals surface area contributed by atoms with Crippen molar-refractivity contribution in [1.29, 1.82) is 0 Å². The molecule has 2 heterocycles. The molecule has 1 aliphatic heterocycles. The summed E-state index contributed by atoms with van der Waals surface area (Å²) in [6, 6.07) is 8.32. The molecule has 0 unspecified atom stereocenters. The summed E-state index contributed by atoms with van der Waals surface area (Å²) < 4.78 is 7.19. The van der Waals surface area contributed by atoms with Crippen LogP contribution in [0.2, 0.25) is 0 Å². The van der Waals surface area contributed by atoms with E-state index in [-0.39, 0.29) is 36.1 Å². The zero-order valence-electron chi connectivity index (χ0n) is 16.4. The Balaban J connectivity index is 0.00000280. The smallest absolute Gasteiger partial charge is 0.409 e. The summed E-state index contributed by atoms with van der Waals surface area (Å²) in [5, 5.41) is 3.27. The van der Waals surface area contributed by atoms with Crippen molar-refractivity contribution in [1.82, 2.24) is 19.8 Å². The largest absolute Gasteiger partial charge is 0.450 e. The minimum absolute atomic E-state index is 0. The van der Waals surface area contributed by atoms with E-state index in [1.54, 1.807) is 4.90 Å². The van der Waals surface area contributed by atoms with Gasteiger partial charge >= 0.3 is 6.09 Å². The van der Waals surface area contributed by atoms with E-state index in [0.29, 0.717) is 32.2 Å². The number of benzene rings is 1. The highest BCUT2D eigenvalue weighted by Crippen LogP contribution is 2.15. The van der Waals surface area contributed by atoms with Crippen molar-refractivity contribution < 1.29 is 9.53 Å². The fourth-order valence-corrected chi connectivity index (χ4v) is 3.42. The maximum atomic E-state index is 11.7. The summed E-state index contributed by atoms with van der Waals surface area (Å²) in [4.78, 5) is 22.5. The fourth-order valence-electron chi connectivity index (χ4n) is 3.42. The number of hydrogen-bond acceptors (Lipinski definition) is 4. The molecule has 1 fully saturated rings. The van der Waals surface area contributed by atoms with Crippen molar-refractivity contribution in [3.63, 3.8) is 0 Å². The summed E-state index contributed by atoms with van der Waals surface area (Å²) >= 11 is 0. The maximum absolute atomic E-state index is 11.7. The van der Waals surface area contributed by atoms with Crippen LogP contribution in [0.15, 0.2) is 29.3 Å². The van der Waals surface area contributed by atoms with Crippen LogP contribution in [0.4, 0.5) is 4.79 Å². The number of amides is 1. The molecule has 3 N–H and O–H groups in total. The van der Waals surface area contributed by atoms with Gasteiger partial charge in [0.15, 0.2) is 5.96 Å². The van der Waals surface area contributed by atoms with Gasteiger partial charge in [0.1, 0.15) is 5.82 Å². The van der Waals surface area contributed by atoms with Gasteiger partial charge in [-0.25, -0.2) is 9.78 Å². The van der Waals surface area contributed by atoms with Gasteiger partial charge in [0, 0.05) is 25.7 Å². The first kappa shape index (κ1) is 22.3. The van der Waals surface area contributed by atoms with Gasteiger partial charge in [0.05, 0.1) is 24.2 Å². The summed E-state index contributed by atoms with van der Waals surface area (Å²) in [6.07, 6.45) is 1.43. The van der Waals surface area contributed by atoms with E-state index in [9.17, 15) is 4.79 Å². The molecule has 28 heavy (non-hydrogen) atoms. The predicted molar refractivity (Wildman–Crippen MR) is 121 cm³/mol. The zero-order chi connectivity index (χ0) is 19.2. The molecule has 0 bridgehead atoms. The highest BCUT2D eigenvalue weighted by molar-refractivity contribution is 14.0. The number of para-hydroxylation sites is 2. The summed E-state index contributed by atoms with van der Waals surface area (Å²) in [5.74, 6) is 1.43. The number of rotatable bonds is 5. The highest BCUT2D eigenvalue weighted by atomic mass is 127. The monoisotopic (exact) mass is 500 g/mol. The molecule has 0 spiro atoms. The number of ether oxygens (including phenoxy) is 1. The van der Waals surface area contributed by atoms with Crippen LogP contribution in [0.25, 0.3) is 11.0 Å². The lowest BCUT2D eigenvalue weighted by Crippen LogP contribution is -2.48.